The summed E-state index contributed by atoms with van der Waals surface area (Å²) in [7, 11) is 0. The predicted molar refractivity (Wildman–Crippen MR) is 93.5 cm³/mol. The van der Waals surface area contributed by atoms with E-state index in [-0.39, 0.29) is 24.2 Å². The van der Waals surface area contributed by atoms with Crippen LogP contribution < -0.4 is 10.6 Å². The first-order chi connectivity index (χ1) is 12.0. The second kappa shape index (κ2) is 7.17. The third kappa shape index (κ3) is 4.03. The highest BCUT2D eigenvalue weighted by Crippen LogP contribution is 2.24. The molecule has 0 unspecified atom stereocenters. The van der Waals surface area contributed by atoms with Gasteiger partial charge in [0.25, 0.3) is 0 Å². The van der Waals surface area contributed by atoms with Gasteiger partial charge in [0, 0.05) is 11.4 Å². The molecule has 3 rings (SSSR count). The molecule has 2 aromatic carbocycles. The number of nitrogens with one attached hydrogen (secondary N) is 2. The van der Waals surface area contributed by atoms with Crippen molar-refractivity contribution in [2.45, 2.75) is 19.8 Å². The van der Waals surface area contributed by atoms with Gasteiger partial charge in [0.15, 0.2) is 0 Å². The number of hydrogen-bond donors (Lipinski definition) is 2. The molecule has 1 aliphatic rings. The summed E-state index contributed by atoms with van der Waals surface area (Å²) < 4.78 is 4.92. The molecule has 0 bridgehead atoms. The minimum atomic E-state index is -0.387. The monoisotopic (exact) mass is 338 g/mol. The largest absolute Gasteiger partial charge is 0.462 e. The molecule has 1 aliphatic heterocycles. The molecular weight excluding hydrogens is 320 g/mol. The quantitative estimate of drug-likeness (QED) is 0.821. The van der Waals surface area contributed by atoms with Gasteiger partial charge in [0.2, 0.25) is 11.8 Å². The topological polar surface area (TPSA) is 84.5 Å². The van der Waals surface area contributed by atoms with Crippen LogP contribution in [0.25, 0.3) is 0 Å². The van der Waals surface area contributed by atoms with Crippen LogP contribution in [0.4, 0.5) is 11.4 Å². The fourth-order valence-corrected chi connectivity index (χ4v) is 2.69. The minimum Gasteiger partial charge on any atom is -0.462 e. The molecule has 0 saturated carbocycles. The highest BCUT2D eigenvalue weighted by atomic mass is 16.5. The summed E-state index contributed by atoms with van der Waals surface area (Å²) in [6.07, 6.45) is 0.557. The molecule has 128 valence electrons. The first-order valence-corrected chi connectivity index (χ1v) is 8.04. The fourth-order valence-electron chi connectivity index (χ4n) is 2.69. The molecule has 2 amide bonds. The molecule has 25 heavy (non-hydrogen) atoms. The standard InChI is InChI=1S/C19H18N2O4/c1-2-25-19(24)13-4-6-15(7-5-13)20-17(22)10-12-3-8-16-14(9-12)11-18(23)21-16/h3-9H,2,10-11H2,1H3,(H,20,22)(H,21,23). The van der Waals surface area contributed by atoms with Gasteiger partial charge in [-0.3, -0.25) is 9.59 Å². The maximum Gasteiger partial charge on any atom is 0.338 e. The number of fused-ring (bicyclic) bond motifs is 1. The molecule has 0 radical (unpaired) electrons. The lowest BCUT2D eigenvalue weighted by Gasteiger charge is -2.07. The van der Waals surface area contributed by atoms with Crippen LogP contribution in [0, 0.1) is 0 Å². The van der Waals surface area contributed by atoms with Crippen molar-refractivity contribution in [1.82, 2.24) is 0 Å². The smallest absolute Gasteiger partial charge is 0.338 e. The summed E-state index contributed by atoms with van der Waals surface area (Å²) in [5.74, 6) is -0.582. The van der Waals surface area contributed by atoms with Crippen LogP contribution in [-0.4, -0.2) is 24.4 Å². The Morgan fingerprint density at radius 1 is 1.16 bits per heavy atom. The number of esters is 1. The van der Waals surface area contributed by atoms with Crippen molar-refractivity contribution in [3.8, 4) is 0 Å². The van der Waals surface area contributed by atoms with Crippen LogP contribution in [0.3, 0.4) is 0 Å². The molecule has 0 saturated heterocycles. The van der Waals surface area contributed by atoms with Gasteiger partial charge in [0.05, 0.1) is 25.0 Å². The number of benzene rings is 2. The molecule has 1 heterocycles. The minimum absolute atomic E-state index is 0.0294. The van der Waals surface area contributed by atoms with Crippen LogP contribution in [0.2, 0.25) is 0 Å². The Labute approximate surface area is 145 Å². The summed E-state index contributed by atoms with van der Waals surface area (Å²) in [4.78, 5) is 35.1. The Balaban J connectivity index is 1.60. The summed E-state index contributed by atoms with van der Waals surface area (Å²) in [6, 6.07) is 12.1. The van der Waals surface area contributed by atoms with E-state index in [1.807, 2.05) is 18.2 Å². The molecular formula is C19H18N2O4. The van der Waals surface area contributed by atoms with Crippen LogP contribution in [0.5, 0.6) is 0 Å². The number of carbonyl (C=O) groups excluding carboxylic acids is 3. The Hall–Kier alpha value is -3.15. The maximum absolute atomic E-state index is 12.2. The second-order valence-corrected chi connectivity index (χ2v) is 5.74. The zero-order chi connectivity index (χ0) is 17.8. The molecule has 0 aromatic heterocycles. The van der Waals surface area contributed by atoms with Crippen LogP contribution in [-0.2, 0) is 27.2 Å². The van der Waals surface area contributed by atoms with E-state index in [2.05, 4.69) is 10.6 Å². The molecule has 6 nitrogen and oxygen atoms in total. The number of hydrogen-bond acceptors (Lipinski definition) is 4. The molecule has 0 fully saturated rings. The lowest BCUT2D eigenvalue weighted by Crippen LogP contribution is -2.14. The molecule has 0 spiro atoms. The summed E-state index contributed by atoms with van der Waals surface area (Å²) >= 11 is 0. The van der Waals surface area contributed by atoms with Gasteiger partial charge < -0.3 is 15.4 Å². The van der Waals surface area contributed by atoms with E-state index >= 15 is 0 Å². The van der Waals surface area contributed by atoms with Gasteiger partial charge in [-0.1, -0.05) is 12.1 Å². The van der Waals surface area contributed by atoms with Gasteiger partial charge in [-0.2, -0.15) is 0 Å². The Morgan fingerprint density at radius 2 is 1.92 bits per heavy atom. The van der Waals surface area contributed by atoms with Gasteiger partial charge >= 0.3 is 5.97 Å². The number of carbonyl (C=O) groups is 3. The van der Waals surface area contributed by atoms with Gasteiger partial charge in [0.1, 0.15) is 0 Å². The van der Waals surface area contributed by atoms with E-state index in [9.17, 15) is 14.4 Å². The van der Waals surface area contributed by atoms with Crippen LogP contribution in [0.1, 0.15) is 28.4 Å². The van der Waals surface area contributed by atoms with E-state index in [1.165, 1.54) is 0 Å². The average Bonchev–Trinajstić information content (AvgIpc) is 2.95. The van der Waals surface area contributed by atoms with E-state index in [0.29, 0.717) is 24.3 Å². The lowest BCUT2D eigenvalue weighted by molar-refractivity contribution is -0.116. The average molecular weight is 338 g/mol. The third-order valence-electron chi connectivity index (χ3n) is 3.84. The van der Waals surface area contributed by atoms with E-state index < -0.39 is 0 Å². The number of amides is 2. The third-order valence-corrected chi connectivity index (χ3v) is 3.84. The lowest BCUT2D eigenvalue weighted by atomic mass is 10.1. The zero-order valence-electron chi connectivity index (χ0n) is 13.8. The Morgan fingerprint density at radius 3 is 2.64 bits per heavy atom. The molecule has 0 atom stereocenters. The first kappa shape index (κ1) is 16.7. The SMILES string of the molecule is CCOC(=O)c1ccc(NC(=O)Cc2ccc3c(c2)CC(=O)N3)cc1. The number of anilines is 2. The Bertz CT molecular complexity index is 828. The van der Waals surface area contributed by atoms with E-state index in [4.69, 9.17) is 4.74 Å². The van der Waals surface area contributed by atoms with Crippen LogP contribution in [0.15, 0.2) is 42.5 Å². The van der Waals surface area contributed by atoms with Crippen molar-refractivity contribution >= 4 is 29.2 Å². The second-order valence-electron chi connectivity index (χ2n) is 5.74. The zero-order valence-corrected chi connectivity index (χ0v) is 13.8. The highest BCUT2D eigenvalue weighted by molar-refractivity contribution is 5.99. The Kier molecular flexibility index (Phi) is 4.79. The molecule has 6 heteroatoms. The van der Waals surface area contributed by atoms with Crippen molar-refractivity contribution in [1.29, 1.82) is 0 Å². The molecule has 2 aromatic rings. The number of ether oxygens (including phenoxy) is 1. The summed E-state index contributed by atoms with van der Waals surface area (Å²) in [5, 5.41) is 5.56. The fraction of sp³-hybridized carbons (Fsp3) is 0.211. The van der Waals surface area contributed by atoms with Crippen LogP contribution >= 0.6 is 0 Å². The normalized spacial score (nSPS) is 12.3. The van der Waals surface area contributed by atoms with Gasteiger partial charge in [-0.05, 0) is 48.4 Å². The number of rotatable bonds is 5. The molecule has 2 N–H and O–H groups in total. The van der Waals surface area contributed by atoms with Crippen molar-refractivity contribution in [3.05, 3.63) is 59.2 Å². The highest BCUT2D eigenvalue weighted by Gasteiger charge is 2.18. The van der Waals surface area contributed by atoms with Crippen molar-refractivity contribution < 1.29 is 19.1 Å². The van der Waals surface area contributed by atoms with Crippen molar-refractivity contribution in [2.75, 3.05) is 17.2 Å². The van der Waals surface area contributed by atoms with Crippen molar-refractivity contribution in [3.63, 3.8) is 0 Å². The molecule has 0 aliphatic carbocycles. The summed E-state index contributed by atoms with van der Waals surface area (Å²) in [6.45, 7) is 2.07. The van der Waals surface area contributed by atoms with Gasteiger partial charge in [-0.15, -0.1) is 0 Å². The first-order valence-electron chi connectivity index (χ1n) is 8.04. The van der Waals surface area contributed by atoms with E-state index in [1.54, 1.807) is 31.2 Å². The van der Waals surface area contributed by atoms with E-state index in [0.717, 1.165) is 16.8 Å². The van der Waals surface area contributed by atoms with Crippen molar-refractivity contribution in [2.24, 2.45) is 0 Å². The maximum atomic E-state index is 12.2. The summed E-state index contributed by atoms with van der Waals surface area (Å²) in [5.41, 5.74) is 3.61. The van der Waals surface area contributed by atoms with Gasteiger partial charge in [-0.25, -0.2) is 4.79 Å². The predicted octanol–water partition coefficient (Wildman–Crippen LogP) is 2.54.